The molecule has 0 radical (unpaired) electrons. The molecule has 7 heteroatoms. The molecule has 2 aromatic carbocycles. The average Bonchev–Trinajstić information content (AvgIpc) is 2.90. The van der Waals surface area contributed by atoms with Gasteiger partial charge in [0.25, 0.3) is 17.6 Å². The van der Waals surface area contributed by atoms with Crippen molar-refractivity contribution in [3.63, 3.8) is 0 Å². The first-order chi connectivity index (χ1) is 11.5. The molecule has 0 aromatic heterocycles. The van der Waals surface area contributed by atoms with Gasteiger partial charge < -0.3 is 15.4 Å². The highest BCUT2D eigenvalue weighted by atomic mass is 16.5. The van der Waals surface area contributed by atoms with Crippen LogP contribution < -0.4 is 10.6 Å². The number of hydrogen-bond donors (Lipinski definition) is 2. The van der Waals surface area contributed by atoms with Gasteiger partial charge in [0.2, 0.25) is 0 Å². The zero-order valence-corrected chi connectivity index (χ0v) is 12.6. The minimum absolute atomic E-state index is 0.0197. The number of nitrogens with one attached hydrogen (secondary N) is 2. The van der Waals surface area contributed by atoms with Crippen molar-refractivity contribution in [1.29, 1.82) is 0 Å². The van der Waals surface area contributed by atoms with Gasteiger partial charge >= 0.3 is 5.97 Å². The molecule has 2 amide bonds. The van der Waals surface area contributed by atoms with Gasteiger partial charge in [-0.2, -0.15) is 0 Å². The molecule has 0 atom stereocenters. The molecular formula is C17H12N2O5. The van der Waals surface area contributed by atoms with Gasteiger partial charge in [0.1, 0.15) is 0 Å². The molecule has 3 rings (SSSR count). The molecule has 0 saturated carbocycles. The number of ketones is 1. The SMILES string of the molecule is COC(=O)c1cc(NC(=O)c2ccccc2)c2c(c1)C(=O)C(=O)N2. The number of esters is 1. The van der Waals surface area contributed by atoms with Crippen LogP contribution in [0, 0.1) is 0 Å². The largest absolute Gasteiger partial charge is 0.465 e. The standard InChI is InChI=1S/C17H12N2O5/c1-24-17(23)10-7-11-13(19-16(22)14(11)20)12(8-10)18-15(21)9-5-3-2-4-6-9/h2-8H,1H3,(H,18,21)(H,19,20,22). The van der Waals surface area contributed by atoms with Gasteiger partial charge in [-0.25, -0.2) is 4.79 Å². The molecule has 0 spiro atoms. The number of hydrogen-bond acceptors (Lipinski definition) is 5. The summed E-state index contributed by atoms with van der Waals surface area (Å²) in [6, 6.07) is 11.0. The van der Waals surface area contributed by atoms with E-state index in [0.717, 1.165) is 0 Å². The van der Waals surface area contributed by atoms with Crippen LogP contribution in [0.25, 0.3) is 0 Å². The van der Waals surface area contributed by atoms with E-state index in [1.807, 2.05) is 0 Å². The summed E-state index contributed by atoms with van der Waals surface area (Å²) in [5.41, 5.74) is 0.795. The Bertz CT molecular complexity index is 874. The Kier molecular flexibility index (Phi) is 3.83. The van der Waals surface area contributed by atoms with Crippen molar-refractivity contribution in [2.45, 2.75) is 0 Å². The smallest absolute Gasteiger partial charge is 0.337 e. The Morgan fingerprint density at radius 3 is 2.42 bits per heavy atom. The van der Waals surface area contributed by atoms with Crippen molar-refractivity contribution < 1.29 is 23.9 Å². The number of rotatable bonds is 3. The summed E-state index contributed by atoms with van der Waals surface area (Å²) >= 11 is 0. The molecule has 120 valence electrons. The number of methoxy groups -OCH3 is 1. The number of carbonyl (C=O) groups is 4. The summed E-state index contributed by atoms with van der Waals surface area (Å²) in [5.74, 6) is -2.71. The van der Waals surface area contributed by atoms with Crippen LogP contribution in [0.2, 0.25) is 0 Å². The third kappa shape index (κ3) is 2.63. The van der Waals surface area contributed by atoms with E-state index in [9.17, 15) is 19.2 Å². The molecule has 0 unspecified atom stereocenters. The van der Waals surface area contributed by atoms with Gasteiger partial charge in [-0.05, 0) is 24.3 Å². The van der Waals surface area contributed by atoms with E-state index in [1.165, 1.54) is 19.2 Å². The van der Waals surface area contributed by atoms with Crippen LogP contribution in [0.1, 0.15) is 31.1 Å². The maximum atomic E-state index is 12.3. The summed E-state index contributed by atoms with van der Waals surface area (Å²) < 4.78 is 4.63. The zero-order chi connectivity index (χ0) is 17.3. The zero-order valence-electron chi connectivity index (χ0n) is 12.6. The fraction of sp³-hybridized carbons (Fsp3) is 0.0588. The van der Waals surface area contributed by atoms with E-state index in [2.05, 4.69) is 15.4 Å². The topological polar surface area (TPSA) is 102 Å². The van der Waals surface area contributed by atoms with Crippen molar-refractivity contribution in [2.24, 2.45) is 0 Å². The van der Waals surface area contributed by atoms with Crippen LogP contribution in [0.4, 0.5) is 11.4 Å². The van der Waals surface area contributed by atoms with E-state index in [4.69, 9.17) is 0 Å². The van der Waals surface area contributed by atoms with Gasteiger partial charge in [-0.3, -0.25) is 14.4 Å². The minimum atomic E-state index is -0.817. The Morgan fingerprint density at radius 1 is 1.04 bits per heavy atom. The van der Waals surface area contributed by atoms with E-state index in [-0.39, 0.29) is 22.5 Å². The lowest BCUT2D eigenvalue weighted by atomic mass is 10.1. The maximum Gasteiger partial charge on any atom is 0.337 e. The normalized spacial score (nSPS) is 12.4. The van der Waals surface area contributed by atoms with Crippen LogP contribution in [0.5, 0.6) is 0 Å². The van der Waals surface area contributed by atoms with Crippen LogP contribution in [-0.2, 0) is 9.53 Å². The van der Waals surface area contributed by atoms with Crippen LogP contribution >= 0.6 is 0 Å². The summed E-state index contributed by atoms with van der Waals surface area (Å²) in [4.78, 5) is 47.6. The van der Waals surface area contributed by atoms with Crippen LogP contribution in [0.3, 0.4) is 0 Å². The summed E-state index contributed by atoms with van der Waals surface area (Å²) in [6.45, 7) is 0. The first kappa shape index (κ1) is 15.4. The molecule has 7 nitrogen and oxygen atoms in total. The molecule has 1 aliphatic heterocycles. The van der Waals surface area contributed by atoms with E-state index in [1.54, 1.807) is 30.3 Å². The lowest BCUT2D eigenvalue weighted by Gasteiger charge is -2.11. The van der Waals surface area contributed by atoms with E-state index < -0.39 is 23.6 Å². The average molecular weight is 324 g/mol. The lowest BCUT2D eigenvalue weighted by Crippen LogP contribution is -2.14. The first-order valence-electron chi connectivity index (χ1n) is 6.99. The third-order valence-electron chi connectivity index (χ3n) is 3.53. The Balaban J connectivity index is 2.04. The van der Waals surface area contributed by atoms with Crippen molar-refractivity contribution in [2.75, 3.05) is 17.7 Å². The molecule has 0 fully saturated rings. The number of Topliss-reactive ketones (excluding diaryl/α,β-unsaturated/α-hetero) is 1. The molecule has 0 bridgehead atoms. The summed E-state index contributed by atoms with van der Waals surface area (Å²) in [7, 11) is 1.20. The number of amides is 2. The van der Waals surface area contributed by atoms with Crippen molar-refractivity contribution in [1.82, 2.24) is 0 Å². The Labute approximate surface area is 136 Å². The predicted octanol–water partition coefficient (Wildman–Crippen LogP) is 1.86. The van der Waals surface area contributed by atoms with Gasteiger partial charge in [0, 0.05) is 5.56 Å². The highest BCUT2D eigenvalue weighted by Crippen LogP contribution is 2.33. The quantitative estimate of drug-likeness (QED) is 0.663. The molecule has 2 aromatic rings. The number of fused-ring (bicyclic) bond motifs is 1. The highest BCUT2D eigenvalue weighted by molar-refractivity contribution is 6.52. The van der Waals surface area contributed by atoms with Crippen molar-refractivity contribution >= 4 is 34.9 Å². The van der Waals surface area contributed by atoms with Crippen molar-refractivity contribution in [3.8, 4) is 0 Å². The first-order valence-corrected chi connectivity index (χ1v) is 6.99. The van der Waals surface area contributed by atoms with Crippen LogP contribution in [-0.4, -0.2) is 30.7 Å². The van der Waals surface area contributed by atoms with Gasteiger partial charge in [0.15, 0.2) is 0 Å². The van der Waals surface area contributed by atoms with E-state index in [0.29, 0.717) is 5.56 Å². The second kappa shape index (κ2) is 5.96. The highest BCUT2D eigenvalue weighted by Gasteiger charge is 2.32. The predicted molar refractivity (Wildman–Crippen MR) is 85.1 cm³/mol. The van der Waals surface area contributed by atoms with Crippen molar-refractivity contribution in [3.05, 3.63) is 59.2 Å². The number of ether oxygens (including phenoxy) is 1. The monoisotopic (exact) mass is 324 g/mol. The molecule has 1 heterocycles. The fourth-order valence-corrected chi connectivity index (χ4v) is 2.37. The summed E-state index contributed by atoms with van der Waals surface area (Å²) in [5, 5.41) is 5.01. The molecule has 24 heavy (non-hydrogen) atoms. The lowest BCUT2D eigenvalue weighted by molar-refractivity contribution is -0.112. The molecule has 1 aliphatic rings. The van der Waals surface area contributed by atoms with Gasteiger partial charge in [-0.15, -0.1) is 0 Å². The Morgan fingerprint density at radius 2 is 1.75 bits per heavy atom. The number of benzene rings is 2. The fourth-order valence-electron chi connectivity index (χ4n) is 2.37. The number of carbonyl (C=O) groups excluding carboxylic acids is 4. The van der Waals surface area contributed by atoms with Crippen LogP contribution in [0.15, 0.2) is 42.5 Å². The third-order valence-corrected chi connectivity index (χ3v) is 3.53. The van der Waals surface area contributed by atoms with Gasteiger partial charge in [-0.1, -0.05) is 18.2 Å². The molecule has 0 aliphatic carbocycles. The molecule has 0 saturated heterocycles. The number of anilines is 2. The Hall–Kier alpha value is -3.48. The minimum Gasteiger partial charge on any atom is -0.465 e. The molecule has 2 N–H and O–H groups in total. The summed E-state index contributed by atoms with van der Waals surface area (Å²) in [6.07, 6.45) is 0. The van der Waals surface area contributed by atoms with E-state index >= 15 is 0 Å². The second-order valence-electron chi connectivity index (χ2n) is 5.04. The molecular weight excluding hydrogens is 312 g/mol. The second-order valence-corrected chi connectivity index (χ2v) is 5.04. The maximum absolute atomic E-state index is 12.3. The van der Waals surface area contributed by atoms with Gasteiger partial charge in [0.05, 0.1) is 29.6 Å².